The van der Waals surface area contributed by atoms with Crippen LogP contribution < -0.4 is 4.90 Å². The molecule has 1 heterocycles. The smallest absolute Gasteiger partial charge is 0.169 e. The van der Waals surface area contributed by atoms with Crippen LogP contribution in [0.15, 0.2) is 35.4 Å². The Morgan fingerprint density at radius 3 is 2.45 bits per heavy atom. The van der Waals surface area contributed by atoms with Gasteiger partial charge in [-0.05, 0) is 79.4 Å². The maximum atomic E-state index is 6.16. The van der Waals surface area contributed by atoms with Gasteiger partial charge < -0.3 is 14.4 Å². The van der Waals surface area contributed by atoms with E-state index in [0.717, 1.165) is 38.4 Å². The van der Waals surface area contributed by atoms with E-state index < -0.39 is 0 Å². The molecule has 1 aliphatic heterocycles. The topological polar surface area (TPSA) is 21.7 Å². The van der Waals surface area contributed by atoms with Crippen LogP contribution in [0, 0.1) is 41.4 Å². The highest BCUT2D eigenvalue weighted by Gasteiger charge is 2.57. The number of allylic oxidation sites excluding steroid dienone is 2. The van der Waals surface area contributed by atoms with E-state index in [9.17, 15) is 0 Å². The van der Waals surface area contributed by atoms with E-state index in [2.05, 4.69) is 56.1 Å². The monoisotopic (exact) mass is 445 g/mol. The van der Waals surface area contributed by atoms with Gasteiger partial charge in [0, 0.05) is 44.5 Å². The third kappa shape index (κ3) is 3.32. The fourth-order valence-corrected chi connectivity index (χ4v) is 8.56. The summed E-state index contributed by atoms with van der Waals surface area (Å²) >= 11 is 0. The highest BCUT2D eigenvalue weighted by molar-refractivity contribution is 5.49. The van der Waals surface area contributed by atoms with Gasteiger partial charge in [0.15, 0.2) is 5.79 Å². The van der Waals surface area contributed by atoms with Crippen molar-refractivity contribution in [2.24, 2.45) is 29.1 Å². The van der Waals surface area contributed by atoms with E-state index >= 15 is 0 Å². The van der Waals surface area contributed by atoms with Crippen molar-refractivity contribution in [1.82, 2.24) is 0 Å². The fourth-order valence-electron chi connectivity index (χ4n) is 8.56. The number of fused-ring (bicyclic) bond motifs is 4. The van der Waals surface area contributed by atoms with Crippen LogP contribution in [0.1, 0.15) is 69.8 Å². The summed E-state index contributed by atoms with van der Waals surface area (Å²) in [6.07, 6.45) is 15.6. The standard InChI is InChI=1S/C30H39NO2/c1-5-22-9-13-27-25-12-8-21-18-30(32-16-17-33-30)15-14-24(21)28(25)26(19-29(22,27)2)20-6-10-23(11-7-20)31(3)4/h1,6-7,10-11,21-22,25-27H,8-9,12-19H2,2-4H3/t21?,22?,25?,26?,27-,29-/m0/s1. The van der Waals surface area contributed by atoms with Gasteiger partial charge in [-0.15, -0.1) is 12.3 Å². The van der Waals surface area contributed by atoms with Gasteiger partial charge in [-0.1, -0.05) is 30.2 Å². The second-order valence-corrected chi connectivity index (χ2v) is 11.8. The van der Waals surface area contributed by atoms with Crippen molar-refractivity contribution in [3.8, 4) is 12.3 Å². The van der Waals surface area contributed by atoms with Crippen LogP contribution in [0.25, 0.3) is 0 Å². The third-order valence-electron chi connectivity index (χ3n) is 10.2. The average molecular weight is 446 g/mol. The summed E-state index contributed by atoms with van der Waals surface area (Å²) in [4.78, 5) is 2.19. The maximum Gasteiger partial charge on any atom is 0.169 e. The molecule has 5 aliphatic rings. The van der Waals surface area contributed by atoms with Crippen molar-refractivity contribution in [2.45, 2.75) is 70.0 Å². The van der Waals surface area contributed by atoms with Gasteiger partial charge in [0.2, 0.25) is 0 Å². The Balaban J connectivity index is 1.43. The lowest BCUT2D eigenvalue weighted by molar-refractivity contribution is -0.181. The van der Waals surface area contributed by atoms with Crippen molar-refractivity contribution in [2.75, 3.05) is 32.2 Å². The van der Waals surface area contributed by atoms with Gasteiger partial charge in [-0.2, -0.15) is 0 Å². The van der Waals surface area contributed by atoms with Gasteiger partial charge in [-0.25, -0.2) is 0 Å². The number of rotatable bonds is 2. The van der Waals surface area contributed by atoms with Crippen molar-refractivity contribution < 1.29 is 9.47 Å². The summed E-state index contributed by atoms with van der Waals surface area (Å²) in [7, 11) is 4.24. The van der Waals surface area contributed by atoms with Gasteiger partial charge in [0.05, 0.1) is 13.2 Å². The Morgan fingerprint density at radius 2 is 1.76 bits per heavy atom. The highest BCUT2D eigenvalue weighted by Crippen LogP contribution is 2.66. The quantitative estimate of drug-likeness (QED) is 0.402. The molecule has 6 atom stereocenters. The van der Waals surface area contributed by atoms with Gasteiger partial charge in [0.25, 0.3) is 0 Å². The molecule has 3 saturated carbocycles. The van der Waals surface area contributed by atoms with Gasteiger partial charge >= 0.3 is 0 Å². The third-order valence-corrected chi connectivity index (χ3v) is 10.2. The first-order valence-corrected chi connectivity index (χ1v) is 13.2. The molecule has 176 valence electrons. The van der Waals surface area contributed by atoms with Crippen LogP contribution in [0.4, 0.5) is 5.69 Å². The number of hydrogen-bond donors (Lipinski definition) is 0. The molecule has 3 heteroatoms. The van der Waals surface area contributed by atoms with E-state index in [-0.39, 0.29) is 11.2 Å². The zero-order valence-electron chi connectivity index (χ0n) is 20.6. The van der Waals surface area contributed by atoms with E-state index in [1.54, 1.807) is 11.1 Å². The normalized spacial score (nSPS) is 39.0. The largest absolute Gasteiger partial charge is 0.378 e. The first-order valence-electron chi connectivity index (χ1n) is 13.2. The summed E-state index contributed by atoms with van der Waals surface area (Å²) in [5.74, 6) is 5.92. The molecular weight excluding hydrogens is 406 g/mol. The lowest BCUT2D eigenvalue weighted by atomic mass is 9.51. The molecule has 0 amide bonds. The van der Waals surface area contributed by atoms with Crippen LogP contribution in [-0.2, 0) is 9.47 Å². The fraction of sp³-hybridized carbons (Fsp3) is 0.667. The predicted octanol–water partition coefficient (Wildman–Crippen LogP) is 6.16. The molecule has 4 fully saturated rings. The summed E-state index contributed by atoms with van der Waals surface area (Å²) in [6, 6.07) is 9.39. The molecule has 1 saturated heterocycles. The zero-order valence-corrected chi connectivity index (χ0v) is 20.6. The molecule has 33 heavy (non-hydrogen) atoms. The SMILES string of the molecule is C#CC1CC[C@H]2C3CCC4CC5(CCC4=C3C(c3ccc(N(C)C)cc3)C[C@@]12C)OCCO5. The first kappa shape index (κ1) is 21.8. The molecule has 1 aromatic rings. The first-order chi connectivity index (χ1) is 15.9. The second kappa shape index (κ2) is 7.89. The van der Waals surface area contributed by atoms with E-state index in [1.165, 1.54) is 43.4 Å². The van der Waals surface area contributed by atoms with Crippen LogP contribution in [-0.4, -0.2) is 33.1 Å². The Hall–Kier alpha value is -1.76. The number of nitrogens with zero attached hydrogens (tertiary/aromatic N) is 1. The molecule has 1 spiro atoms. The Labute approximate surface area is 199 Å². The van der Waals surface area contributed by atoms with Crippen molar-refractivity contribution in [3.63, 3.8) is 0 Å². The van der Waals surface area contributed by atoms with Crippen LogP contribution in [0.5, 0.6) is 0 Å². The average Bonchev–Trinajstić information content (AvgIpc) is 3.41. The molecule has 0 radical (unpaired) electrons. The molecule has 6 rings (SSSR count). The minimum atomic E-state index is -0.296. The summed E-state index contributed by atoms with van der Waals surface area (Å²) in [5, 5.41) is 0. The van der Waals surface area contributed by atoms with Crippen molar-refractivity contribution in [1.29, 1.82) is 0 Å². The van der Waals surface area contributed by atoms with Gasteiger partial charge in [0.1, 0.15) is 0 Å². The number of hydrogen-bond acceptors (Lipinski definition) is 3. The molecule has 0 N–H and O–H groups in total. The lowest BCUT2D eigenvalue weighted by Crippen LogP contribution is -2.46. The van der Waals surface area contributed by atoms with Crippen LogP contribution in [0.3, 0.4) is 0 Å². The molecule has 0 aromatic heterocycles. The van der Waals surface area contributed by atoms with E-state index in [1.807, 2.05) is 0 Å². The number of benzene rings is 1. The lowest BCUT2D eigenvalue weighted by Gasteiger charge is -2.54. The zero-order chi connectivity index (χ0) is 22.8. The Bertz CT molecular complexity index is 980. The molecule has 4 aliphatic carbocycles. The Morgan fingerprint density at radius 1 is 1.00 bits per heavy atom. The molecule has 4 unspecified atom stereocenters. The molecular formula is C30H39NO2. The van der Waals surface area contributed by atoms with Crippen LogP contribution >= 0.6 is 0 Å². The minimum absolute atomic E-state index is 0.259. The van der Waals surface area contributed by atoms with Gasteiger partial charge in [-0.3, -0.25) is 0 Å². The maximum absolute atomic E-state index is 6.16. The summed E-state index contributed by atoms with van der Waals surface area (Å²) in [6.45, 7) is 4.05. The molecule has 0 bridgehead atoms. The summed E-state index contributed by atoms with van der Waals surface area (Å²) in [5.41, 5.74) is 6.59. The highest BCUT2D eigenvalue weighted by atomic mass is 16.7. The predicted molar refractivity (Wildman–Crippen MR) is 133 cm³/mol. The molecule has 3 nitrogen and oxygen atoms in total. The summed E-state index contributed by atoms with van der Waals surface area (Å²) < 4.78 is 12.3. The van der Waals surface area contributed by atoms with E-state index in [0.29, 0.717) is 23.7 Å². The Kier molecular flexibility index (Phi) is 5.20. The molecule has 1 aromatic carbocycles. The number of ether oxygens (including phenoxy) is 2. The number of anilines is 1. The van der Waals surface area contributed by atoms with Crippen molar-refractivity contribution >= 4 is 5.69 Å². The number of terminal acetylenes is 1. The minimum Gasteiger partial charge on any atom is -0.378 e. The van der Waals surface area contributed by atoms with Crippen LogP contribution in [0.2, 0.25) is 0 Å². The second-order valence-electron chi connectivity index (χ2n) is 11.8. The van der Waals surface area contributed by atoms with Crippen molar-refractivity contribution in [3.05, 3.63) is 41.0 Å². The van der Waals surface area contributed by atoms with E-state index in [4.69, 9.17) is 15.9 Å².